The highest BCUT2D eigenvalue weighted by atomic mass is 19.1. The summed E-state index contributed by atoms with van der Waals surface area (Å²) >= 11 is 0. The van der Waals surface area contributed by atoms with Crippen molar-refractivity contribution in [3.63, 3.8) is 0 Å². The summed E-state index contributed by atoms with van der Waals surface area (Å²) in [6, 6.07) is 7.54. The molecule has 0 aliphatic carbocycles. The van der Waals surface area contributed by atoms with E-state index in [4.69, 9.17) is 4.42 Å². The molecule has 0 aliphatic heterocycles. The van der Waals surface area contributed by atoms with Crippen LogP contribution in [0.3, 0.4) is 0 Å². The molecular formula is C16H19F2NO. The second-order valence-corrected chi connectivity index (χ2v) is 5.07. The number of halogens is 2. The van der Waals surface area contributed by atoms with Gasteiger partial charge in [0, 0.05) is 30.1 Å². The largest absolute Gasteiger partial charge is 0.469 e. The molecular weight excluding hydrogens is 260 g/mol. The lowest BCUT2D eigenvalue weighted by atomic mass is 10.1. The Labute approximate surface area is 117 Å². The van der Waals surface area contributed by atoms with Crippen molar-refractivity contribution in [3.05, 3.63) is 59.6 Å². The van der Waals surface area contributed by atoms with Crippen LogP contribution in [0.5, 0.6) is 0 Å². The van der Waals surface area contributed by atoms with E-state index in [2.05, 4.69) is 5.32 Å². The van der Waals surface area contributed by atoms with E-state index in [0.29, 0.717) is 5.56 Å². The Morgan fingerprint density at radius 2 is 2.00 bits per heavy atom. The van der Waals surface area contributed by atoms with Gasteiger partial charge in [0.1, 0.15) is 17.4 Å². The molecule has 1 aromatic carbocycles. The van der Waals surface area contributed by atoms with Crippen molar-refractivity contribution >= 4 is 0 Å². The van der Waals surface area contributed by atoms with Crippen LogP contribution in [0.15, 0.2) is 41.0 Å². The minimum Gasteiger partial charge on any atom is -0.469 e. The van der Waals surface area contributed by atoms with Gasteiger partial charge >= 0.3 is 0 Å². The maximum atomic E-state index is 13.7. The van der Waals surface area contributed by atoms with Crippen LogP contribution in [0.25, 0.3) is 0 Å². The fourth-order valence-corrected chi connectivity index (χ4v) is 2.27. The highest BCUT2D eigenvalue weighted by Crippen LogP contribution is 2.19. The van der Waals surface area contributed by atoms with Crippen molar-refractivity contribution in [3.8, 4) is 0 Å². The van der Waals surface area contributed by atoms with E-state index in [1.807, 2.05) is 26.0 Å². The number of nitrogens with one attached hydrogen (secondary N) is 1. The third-order valence-corrected chi connectivity index (χ3v) is 3.37. The molecule has 1 heterocycles. The lowest BCUT2D eigenvalue weighted by molar-refractivity contribution is 0.422. The van der Waals surface area contributed by atoms with Crippen LogP contribution in [0, 0.1) is 11.6 Å². The minimum atomic E-state index is -0.552. The van der Waals surface area contributed by atoms with Crippen LogP contribution in [-0.4, -0.2) is 6.04 Å². The van der Waals surface area contributed by atoms with Crippen molar-refractivity contribution in [1.29, 1.82) is 0 Å². The third kappa shape index (κ3) is 3.90. The molecule has 4 heteroatoms. The molecule has 2 unspecified atom stereocenters. The standard InChI is InChI=1S/C16H19F2NO/c1-11(5-7-14-4-3-9-20-14)19-12(2)15-8-6-13(17)10-16(15)18/h3-4,6,8-12,19H,5,7H2,1-2H3. The Morgan fingerprint density at radius 1 is 1.20 bits per heavy atom. The molecule has 0 fully saturated rings. The van der Waals surface area contributed by atoms with Gasteiger partial charge in [-0.3, -0.25) is 0 Å². The quantitative estimate of drug-likeness (QED) is 0.856. The minimum absolute atomic E-state index is 0.165. The Hall–Kier alpha value is -1.68. The van der Waals surface area contributed by atoms with Crippen LogP contribution < -0.4 is 5.32 Å². The first-order valence-corrected chi connectivity index (χ1v) is 6.79. The molecule has 0 amide bonds. The number of rotatable bonds is 6. The first-order valence-electron chi connectivity index (χ1n) is 6.79. The van der Waals surface area contributed by atoms with E-state index in [1.54, 1.807) is 6.26 Å². The van der Waals surface area contributed by atoms with E-state index < -0.39 is 11.6 Å². The lowest BCUT2D eigenvalue weighted by Gasteiger charge is -2.20. The van der Waals surface area contributed by atoms with Gasteiger partial charge < -0.3 is 9.73 Å². The van der Waals surface area contributed by atoms with Gasteiger partial charge in [0.25, 0.3) is 0 Å². The average Bonchev–Trinajstić information content (AvgIpc) is 2.89. The first-order chi connectivity index (χ1) is 9.56. The summed E-state index contributed by atoms with van der Waals surface area (Å²) in [5.41, 5.74) is 0.483. The summed E-state index contributed by atoms with van der Waals surface area (Å²) in [5, 5.41) is 3.31. The van der Waals surface area contributed by atoms with Crippen molar-refractivity contribution in [1.82, 2.24) is 5.32 Å². The molecule has 2 aromatic rings. The third-order valence-electron chi connectivity index (χ3n) is 3.37. The number of hydrogen-bond donors (Lipinski definition) is 1. The molecule has 1 aromatic heterocycles. The summed E-state index contributed by atoms with van der Waals surface area (Å²) in [6.45, 7) is 3.92. The summed E-state index contributed by atoms with van der Waals surface area (Å²) in [6.07, 6.45) is 3.38. The molecule has 0 saturated heterocycles. The van der Waals surface area contributed by atoms with Crippen molar-refractivity contribution in [2.45, 2.75) is 38.8 Å². The van der Waals surface area contributed by atoms with Gasteiger partial charge in [-0.1, -0.05) is 6.07 Å². The van der Waals surface area contributed by atoms with Gasteiger partial charge in [0.05, 0.1) is 6.26 Å². The molecule has 20 heavy (non-hydrogen) atoms. The molecule has 1 N–H and O–H groups in total. The molecule has 2 nitrogen and oxygen atoms in total. The zero-order valence-corrected chi connectivity index (χ0v) is 11.7. The van der Waals surface area contributed by atoms with Crippen molar-refractivity contribution < 1.29 is 13.2 Å². The smallest absolute Gasteiger partial charge is 0.130 e. The van der Waals surface area contributed by atoms with Gasteiger partial charge in [0.15, 0.2) is 0 Å². The summed E-state index contributed by atoms with van der Waals surface area (Å²) < 4.78 is 31.8. The van der Waals surface area contributed by atoms with Crippen LogP contribution in [0.1, 0.15) is 37.6 Å². The fourth-order valence-electron chi connectivity index (χ4n) is 2.27. The number of benzene rings is 1. The number of hydrogen-bond acceptors (Lipinski definition) is 2. The predicted octanol–water partition coefficient (Wildman–Crippen LogP) is 4.23. The Bertz CT molecular complexity index is 539. The van der Waals surface area contributed by atoms with E-state index in [-0.39, 0.29) is 12.1 Å². The normalized spacial score (nSPS) is 14.2. The van der Waals surface area contributed by atoms with E-state index >= 15 is 0 Å². The second-order valence-electron chi connectivity index (χ2n) is 5.07. The number of aryl methyl sites for hydroxylation is 1. The molecule has 108 valence electrons. The Morgan fingerprint density at radius 3 is 2.65 bits per heavy atom. The van der Waals surface area contributed by atoms with Gasteiger partial charge in [-0.15, -0.1) is 0 Å². The maximum Gasteiger partial charge on any atom is 0.130 e. The molecule has 0 bridgehead atoms. The second kappa shape index (κ2) is 6.66. The molecule has 0 spiro atoms. The lowest BCUT2D eigenvalue weighted by Crippen LogP contribution is -2.29. The zero-order chi connectivity index (χ0) is 14.5. The van der Waals surface area contributed by atoms with E-state index in [0.717, 1.165) is 24.7 Å². The monoisotopic (exact) mass is 279 g/mol. The summed E-state index contributed by atoms with van der Waals surface area (Å²) in [7, 11) is 0. The average molecular weight is 279 g/mol. The van der Waals surface area contributed by atoms with Crippen LogP contribution in [0.4, 0.5) is 8.78 Å². The van der Waals surface area contributed by atoms with Crippen molar-refractivity contribution in [2.24, 2.45) is 0 Å². The topological polar surface area (TPSA) is 25.2 Å². The Balaban J connectivity index is 1.88. The molecule has 0 aliphatic rings. The van der Waals surface area contributed by atoms with Crippen LogP contribution in [0.2, 0.25) is 0 Å². The molecule has 2 rings (SSSR count). The van der Waals surface area contributed by atoms with Crippen LogP contribution in [-0.2, 0) is 6.42 Å². The summed E-state index contributed by atoms with van der Waals surface area (Å²) in [5.74, 6) is -0.119. The van der Waals surface area contributed by atoms with E-state index in [9.17, 15) is 8.78 Å². The summed E-state index contributed by atoms with van der Waals surface area (Å²) in [4.78, 5) is 0. The van der Waals surface area contributed by atoms with Crippen molar-refractivity contribution in [2.75, 3.05) is 0 Å². The van der Waals surface area contributed by atoms with Crippen LogP contribution >= 0.6 is 0 Å². The zero-order valence-electron chi connectivity index (χ0n) is 11.7. The molecule has 0 saturated carbocycles. The van der Waals surface area contributed by atoms with Gasteiger partial charge in [0.2, 0.25) is 0 Å². The predicted molar refractivity (Wildman–Crippen MR) is 74.4 cm³/mol. The fraction of sp³-hybridized carbons (Fsp3) is 0.375. The highest BCUT2D eigenvalue weighted by molar-refractivity contribution is 5.21. The maximum absolute atomic E-state index is 13.7. The SMILES string of the molecule is CC(CCc1ccco1)NC(C)c1ccc(F)cc1F. The number of furan rings is 1. The van der Waals surface area contributed by atoms with E-state index in [1.165, 1.54) is 12.1 Å². The molecule has 2 atom stereocenters. The van der Waals surface area contributed by atoms with Gasteiger partial charge in [-0.05, 0) is 38.5 Å². The molecule has 0 radical (unpaired) electrons. The van der Waals surface area contributed by atoms with Gasteiger partial charge in [-0.25, -0.2) is 8.78 Å². The highest BCUT2D eigenvalue weighted by Gasteiger charge is 2.14. The van der Waals surface area contributed by atoms with Gasteiger partial charge in [-0.2, -0.15) is 0 Å². The first kappa shape index (κ1) is 14.7. The Kier molecular flexibility index (Phi) is 4.90.